The topological polar surface area (TPSA) is 63.2 Å². The summed E-state index contributed by atoms with van der Waals surface area (Å²) in [6.45, 7) is -0.423. The minimum atomic E-state index is -6.33. The molecule has 0 saturated heterocycles. The van der Waals surface area contributed by atoms with Crippen molar-refractivity contribution < 1.29 is 81.2 Å². The molecule has 41 heavy (non-hydrogen) atoms. The van der Waals surface area contributed by atoms with Gasteiger partial charge in [0.15, 0.2) is 11.0 Å². The summed E-state index contributed by atoms with van der Waals surface area (Å²) < 4.78 is 192. The van der Waals surface area contributed by atoms with Crippen LogP contribution in [-0.4, -0.2) is 75.3 Å². The second-order valence-electron chi connectivity index (χ2n) is 10.5. The molecule has 18 heteroatoms. The summed E-state index contributed by atoms with van der Waals surface area (Å²) in [4.78, 5) is 12.8. The van der Waals surface area contributed by atoms with Crippen molar-refractivity contribution in [3.05, 3.63) is 0 Å². The zero-order chi connectivity index (χ0) is 32.5. The molecule has 6 nitrogen and oxygen atoms in total. The highest BCUT2D eigenvalue weighted by molar-refractivity contribution is 5.77. The lowest BCUT2D eigenvalue weighted by Gasteiger charge is -2.53. The van der Waals surface area contributed by atoms with E-state index in [1.165, 1.54) is 0 Å². The molecule has 0 spiro atoms. The van der Waals surface area contributed by atoms with Crippen LogP contribution in [0.4, 0.5) is 52.7 Å². The van der Waals surface area contributed by atoms with Crippen molar-refractivity contribution in [3.63, 3.8) is 0 Å². The molecule has 0 aromatic heterocycles. The maximum Gasteiger partial charge on any atom is 0.426 e. The van der Waals surface area contributed by atoms with Crippen LogP contribution >= 0.6 is 0 Å². The van der Waals surface area contributed by atoms with Crippen molar-refractivity contribution in [2.45, 2.75) is 94.9 Å². The number of esters is 1. The molecule has 1 aliphatic rings. The Morgan fingerprint density at radius 3 is 1.54 bits per heavy atom. The molecule has 1 fully saturated rings. The van der Waals surface area contributed by atoms with Crippen molar-refractivity contribution >= 4 is 5.97 Å². The number of hydrogen-bond acceptors (Lipinski definition) is 6. The highest BCUT2D eigenvalue weighted by Gasteiger charge is 2.77. The molecule has 1 saturated carbocycles. The molecule has 244 valence electrons. The maximum atomic E-state index is 14.3. The van der Waals surface area contributed by atoms with Gasteiger partial charge < -0.3 is 23.7 Å². The summed E-state index contributed by atoms with van der Waals surface area (Å²) in [5.41, 5.74) is -14.7. The van der Waals surface area contributed by atoms with Gasteiger partial charge in [0.1, 0.15) is 19.2 Å². The third-order valence-electron chi connectivity index (χ3n) is 7.69. The van der Waals surface area contributed by atoms with E-state index >= 15 is 0 Å². The normalized spacial score (nSPS) is 26.3. The monoisotopic (exact) mass is 632 g/mol. The van der Waals surface area contributed by atoms with Crippen LogP contribution in [-0.2, 0) is 28.5 Å². The lowest BCUT2D eigenvalue weighted by Crippen LogP contribution is -2.67. The molecule has 1 aliphatic carbocycles. The van der Waals surface area contributed by atoms with Gasteiger partial charge in [-0.25, -0.2) is 0 Å². The van der Waals surface area contributed by atoms with Gasteiger partial charge in [-0.1, -0.05) is 6.92 Å². The van der Waals surface area contributed by atoms with Crippen molar-refractivity contribution in [2.75, 3.05) is 27.8 Å². The summed E-state index contributed by atoms with van der Waals surface area (Å²) in [7, 11) is 1.58. The Morgan fingerprint density at radius 1 is 0.732 bits per heavy atom. The summed E-state index contributed by atoms with van der Waals surface area (Å²) in [5.74, 6) is -7.40. The van der Waals surface area contributed by atoms with E-state index in [1.807, 2.05) is 0 Å². The number of rotatable bonds is 11. The predicted molar refractivity (Wildman–Crippen MR) is 115 cm³/mol. The number of hydrogen-bond donors (Lipinski definition) is 0. The van der Waals surface area contributed by atoms with E-state index in [0.717, 1.165) is 14.0 Å². The van der Waals surface area contributed by atoms with Crippen molar-refractivity contribution in [2.24, 2.45) is 17.3 Å². The molecule has 0 heterocycles. The Bertz CT molecular complexity index is 872. The molecular formula is C23H32F12O6. The lowest BCUT2D eigenvalue weighted by atomic mass is 9.62. The number of carbonyl (C=O) groups is 1. The SMILES string of the molecule is CCC(C)(C(=O)OC1(C)CC(C(C)(OCOC)C(F)(F)F)CC(C(OCOC)(C(F)(F)F)C(F)(F)F)C1)C(F)(F)F. The molecule has 0 aromatic carbocycles. The number of alkyl halides is 12. The van der Waals surface area contributed by atoms with E-state index in [0.29, 0.717) is 27.9 Å². The summed E-state index contributed by atoms with van der Waals surface area (Å²) in [6.07, 6.45) is -28.5. The van der Waals surface area contributed by atoms with E-state index in [9.17, 15) is 57.5 Å². The molecule has 0 aromatic rings. The zero-order valence-corrected chi connectivity index (χ0v) is 22.9. The van der Waals surface area contributed by atoms with Crippen LogP contribution < -0.4 is 0 Å². The Morgan fingerprint density at radius 2 is 1.17 bits per heavy atom. The Labute approximate surface area is 227 Å². The first-order chi connectivity index (χ1) is 18.2. The van der Waals surface area contributed by atoms with Gasteiger partial charge in [0.05, 0.1) is 0 Å². The van der Waals surface area contributed by atoms with Gasteiger partial charge in [0.25, 0.3) is 5.60 Å². The quantitative estimate of drug-likeness (QED) is 0.138. The van der Waals surface area contributed by atoms with Crippen LogP contribution in [0.15, 0.2) is 0 Å². The van der Waals surface area contributed by atoms with Crippen LogP contribution in [0.25, 0.3) is 0 Å². The van der Waals surface area contributed by atoms with Crippen molar-refractivity contribution in [1.29, 1.82) is 0 Å². The fraction of sp³-hybridized carbons (Fsp3) is 0.957. The fourth-order valence-electron chi connectivity index (χ4n) is 4.91. The highest BCUT2D eigenvalue weighted by Crippen LogP contribution is 2.59. The van der Waals surface area contributed by atoms with Gasteiger partial charge in [-0.15, -0.1) is 0 Å². The number of ether oxygens (including phenoxy) is 5. The molecule has 0 radical (unpaired) electrons. The van der Waals surface area contributed by atoms with Crippen molar-refractivity contribution in [1.82, 2.24) is 0 Å². The van der Waals surface area contributed by atoms with E-state index in [1.54, 1.807) is 0 Å². The molecule has 0 N–H and O–H groups in total. The van der Waals surface area contributed by atoms with Gasteiger partial charge in [0.2, 0.25) is 0 Å². The third kappa shape index (κ3) is 7.17. The van der Waals surface area contributed by atoms with Gasteiger partial charge in [-0.3, -0.25) is 4.79 Å². The largest absolute Gasteiger partial charge is 0.459 e. The second-order valence-corrected chi connectivity index (χ2v) is 10.5. The molecular weight excluding hydrogens is 600 g/mol. The summed E-state index contributed by atoms with van der Waals surface area (Å²) in [6, 6.07) is 0. The predicted octanol–water partition coefficient (Wildman–Crippen LogP) is 7.11. The summed E-state index contributed by atoms with van der Waals surface area (Å²) in [5, 5.41) is 0. The van der Waals surface area contributed by atoms with Crippen LogP contribution in [0.5, 0.6) is 0 Å². The van der Waals surface area contributed by atoms with Crippen LogP contribution in [0, 0.1) is 17.3 Å². The Balaban J connectivity index is 3.95. The first kappa shape index (κ1) is 37.5. The zero-order valence-electron chi connectivity index (χ0n) is 22.9. The van der Waals surface area contributed by atoms with Gasteiger partial charge in [-0.2, -0.15) is 52.7 Å². The third-order valence-corrected chi connectivity index (χ3v) is 7.69. The number of halogens is 12. The van der Waals surface area contributed by atoms with Crippen LogP contribution in [0.1, 0.15) is 53.4 Å². The highest BCUT2D eigenvalue weighted by atomic mass is 19.4. The molecule has 0 amide bonds. The minimum absolute atomic E-state index is 0.339. The van der Waals surface area contributed by atoms with E-state index in [2.05, 4.69) is 14.2 Å². The first-order valence-corrected chi connectivity index (χ1v) is 12.0. The Hall–Kier alpha value is -1.53. The Kier molecular flexibility index (Phi) is 11.2. The van der Waals surface area contributed by atoms with E-state index < -0.39 is 104 Å². The average Bonchev–Trinajstić information content (AvgIpc) is 2.78. The smallest absolute Gasteiger partial charge is 0.426 e. The van der Waals surface area contributed by atoms with Crippen LogP contribution in [0.2, 0.25) is 0 Å². The molecule has 5 atom stereocenters. The molecule has 5 unspecified atom stereocenters. The average molecular weight is 632 g/mol. The standard InChI is InChI=1S/C23H32F12O6/c1-7-17(3,20(24,25)26)15(36)41-16(2)9-13(18(4,21(27,28)29)39-11-37-5)8-14(10-16)19(22(30,31)32,23(33,34)35)40-12-38-6/h13-14H,7-12H2,1-6H3. The second kappa shape index (κ2) is 12.2. The van der Waals surface area contributed by atoms with Gasteiger partial charge >= 0.3 is 30.7 Å². The van der Waals surface area contributed by atoms with Crippen LogP contribution in [0.3, 0.4) is 0 Å². The lowest BCUT2D eigenvalue weighted by molar-refractivity contribution is -0.416. The van der Waals surface area contributed by atoms with E-state index in [-0.39, 0.29) is 0 Å². The number of methoxy groups -OCH3 is 2. The van der Waals surface area contributed by atoms with Gasteiger partial charge in [-0.05, 0) is 46.5 Å². The maximum absolute atomic E-state index is 14.3. The fourth-order valence-corrected chi connectivity index (χ4v) is 4.91. The minimum Gasteiger partial charge on any atom is -0.459 e. The number of carbonyl (C=O) groups excluding carboxylic acids is 1. The van der Waals surface area contributed by atoms with Gasteiger partial charge in [0, 0.05) is 26.1 Å². The summed E-state index contributed by atoms with van der Waals surface area (Å²) >= 11 is 0. The first-order valence-electron chi connectivity index (χ1n) is 12.0. The molecule has 0 bridgehead atoms. The van der Waals surface area contributed by atoms with E-state index in [4.69, 9.17) is 9.47 Å². The molecule has 0 aliphatic heterocycles. The molecule has 1 rings (SSSR count). The van der Waals surface area contributed by atoms with Crippen molar-refractivity contribution in [3.8, 4) is 0 Å².